The molecule has 0 aliphatic heterocycles. The van der Waals surface area contributed by atoms with E-state index in [-0.39, 0.29) is 24.0 Å². The zero-order valence-electron chi connectivity index (χ0n) is 12.2. The molecular weight excluding hydrogens is 228 g/mol. The van der Waals surface area contributed by atoms with Crippen LogP contribution in [0.4, 0.5) is 0 Å². The van der Waals surface area contributed by atoms with E-state index in [4.69, 9.17) is 10.8 Å². The van der Waals surface area contributed by atoms with Crippen molar-refractivity contribution in [3.8, 4) is 0 Å². The summed E-state index contributed by atoms with van der Waals surface area (Å²) in [6, 6.07) is 0.0408. The lowest BCUT2D eigenvalue weighted by atomic mass is 9.85. The van der Waals surface area contributed by atoms with Crippen LogP contribution < -0.4 is 11.1 Å². The predicted molar refractivity (Wildman–Crippen MR) is 75.2 cm³/mol. The Kier molecular flexibility index (Phi) is 9.02. The van der Waals surface area contributed by atoms with Crippen LogP contribution in [0.1, 0.15) is 59.3 Å². The first-order valence-corrected chi connectivity index (χ1v) is 7.02. The molecule has 1 amide bonds. The number of rotatable bonds is 9. The fourth-order valence-corrected chi connectivity index (χ4v) is 1.90. The van der Waals surface area contributed by atoms with Gasteiger partial charge in [0.15, 0.2) is 0 Å². The second-order valence-electron chi connectivity index (χ2n) is 5.95. The van der Waals surface area contributed by atoms with Gasteiger partial charge in [-0.05, 0) is 31.2 Å². The van der Waals surface area contributed by atoms with Crippen molar-refractivity contribution in [1.29, 1.82) is 0 Å². The third-order valence-corrected chi connectivity index (χ3v) is 3.16. The number of carbonyl (C=O) groups is 1. The van der Waals surface area contributed by atoms with Crippen LogP contribution in [0.15, 0.2) is 0 Å². The third-order valence-electron chi connectivity index (χ3n) is 3.16. The number of amides is 1. The number of carbonyl (C=O) groups excluding carboxylic acids is 1. The maximum absolute atomic E-state index is 11.8. The maximum atomic E-state index is 11.8. The molecule has 1 unspecified atom stereocenters. The van der Waals surface area contributed by atoms with Gasteiger partial charge >= 0.3 is 0 Å². The molecule has 4 N–H and O–H groups in total. The molecule has 0 aromatic carbocycles. The van der Waals surface area contributed by atoms with E-state index >= 15 is 0 Å². The minimum atomic E-state index is -0.0159. The quantitative estimate of drug-likeness (QED) is 0.552. The second kappa shape index (κ2) is 9.34. The number of nitrogens with one attached hydrogen (secondary N) is 1. The van der Waals surface area contributed by atoms with Gasteiger partial charge in [0.05, 0.1) is 0 Å². The molecule has 0 aromatic heterocycles. The maximum Gasteiger partial charge on any atom is 0.220 e. The first-order chi connectivity index (χ1) is 8.41. The molecule has 4 nitrogen and oxygen atoms in total. The Labute approximate surface area is 111 Å². The molecule has 0 saturated heterocycles. The SMILES string of the molecule is CC(C)(C)C(CCO)NC(=O)CCCCCCN. The van der Waals surface area contributed by atoms with E-state index < -0.39 is 0 Å². The van der Waals surface area contributed by atoms with Crippen molar-refractivity contribution in [1.82, 2.24) is 5.32 Å². The average molecular weight is 258 g/mol. The molecule has 0 spiro atoms. The van der Waals surface area contributed by atoms with Gasteiger partial charge < -0.3 is 16.2 Å². The summed E-state index contributed by atoms with van der Waals surface area (Å²) in [5.74, 6) is 0.0936. The van der Waals surface area contributed by atoms with Gasteiger partial charge in [-0.15, -0.1) is 0 Å². The molecule has 18 heavy (non-hydrogen) atoms. The third kappa shape index (κ3) is 8.48. The minimum Gasteiger partial charge on any atom is -0.396 e. The van der Waals surface area contributed by atoms with Crippen molar-refractivity contribution in [2.75, 3.05) is 13.2 Å². The van der Waals surface area contributed by atoms with Gasteiger partial charge in [0, 0.05) is 19.1 Å². The van der Waals surface area contributed by atoms with Gasteiger partial charge in [0.1, 0.15) is 0 Å². The summed E-state index contributed by atoms with van der Waals surface area (Å²) >= 11 is 0. The van der Waals surface area contributed by atoms with Crippen LogP contribution in [0.2, 0.25) is 0 Å². The fourth-order valence-electron chi connectivity index (χ4n) is 1.90. The average Bonchev–Trinajstić information content (AvgIpc) is 2.27. The Bertz CT molecular complexity index is 224. The highest BCUT2D eigenvalue weighted by atomic mass is 16.3. The summed E-state index contributed by atoms with van der Waals surface area (Å²) < 4.78 is 0. The van der Waals surface area contributed by atoms with Crippen LogP contribution in [-0.4, -0.2) is 30.2 Å². The molecule has 0 bridgehead atoms. The van der Waals surface area contributed by atoms with Gasteiger partial charge in [-0.2, -0.15) is 0 Å². The topological polar surface area (TPSA) is 75.3 Å². The number of unbranched alkanes of at least 4 members (excludes halogenated alkanes) is 3. The first-order valence-electron chi connectivity index (χ1n) is 7.02. The van der Waals surface area contributed by atoms with Crippen LogP contribution >= 0.6 is 0 Å². The molecule has 0 aliphatic carbocycles. The largest absolute Gasteiger partial charge is 0.396 e. The van der Waals surface area contributed by atoms with E-state index in [2.05, 4.69) is 26.1 Å². The van der Waals surface area contributed by atoms with Gasteiger partial charge in [0.2, 0.25) is 5.91 Å². The summed E-state index contributed by atoms with van der Waals surface area (Å²) in [5, 5.41) is 12.0. The van der Waals surface area contributed by atoms with E-state index in [0.29, 0.717) is 12.8 Å². The molecule has 108 valence electrons. The summed E-state index contributed by atoms with van der Waals surface area (Å²) in [6.07, 6.45) is 5.30. The molecular formula is C14H30N2O2. The summed E-state index contributed by atoms with van der Waals surface area (Å²) in [5.41, 5.74) is 5.40. The molecule has 0 heterocycles. The lowest BCUT2D eigenvalue weighted by Gasteiger charge is -2.31. The molecule has 0 aromatic rings. The number of aliphatic hydroxyl groups is 1. The zero-order chi connectivity index (χ0) is 14.0. The van der Waals surface area contributed by atoms with E-state index in [1.807, 2.05) is 0 Å². The van der Waals surface area contributed by atoms with Crippen molar-refractivity contribution < 1.29 is 9.90 Å². The van der Waals surface area contributed by atoms with Gasteiger partial charge in [-0.1, -0.05) is 33.6 Å². The Balaban J connectivity index is 3.89. The normalized spacial score (nSPS) is 13.4. The zero-order valence-corrected chi connectivity index (χ0v) is 12.2. The monoisotopic (exact) mass is 258 g/mol. The van der Waals surface area contributed by atoms with E-state index in [9.17, 15) is 4.79 Å². The van der Waals surface area contributed by atoms with Gasteiger partial charge in [-0.3, -0.25) is 4.79 Å². The fraction of sp³-hybridized carbons (Fsp3) is 0.929. The highest BCUT2D eigenvalue weighted by Crippen LogP contribution is 2.21. The molecule has 0 saturated carbocycles. The Morgan fingerprint density at radius 3 is 2.33 bits per heavy atom. The van der Waals surface area contributed by atoms with Crippen LogP contribution in [0.3, 0.4) is 0 Å². The van der Waals surface area contributed by atoms with Crippen LogP contribution in [-0.2, 0) is 4.79 Å². The first kappa shape index (κ1) is 17.4. The second-order valence-corrected chi connectivity index (χ2v) is 5.95. The van der Waals surface area contributed by atoms with Crippen LogP contribution in [0.5, 0.6) is 0 Å². The number of aliphatic hydroxyl groups excluding tert-OH is 1. The van der Waals surface area contributed by atoms with Gasteiger partial charge in [0.25, 0.3) is 0 Å². The number of hydrogen-bond donors (Lipinski definition) is 3. The number of nitrogens with two attached hydrogens (primary N) is 1. The van der Waals surface area contributed by atoms with Crippen molar-refractivity contribution >= 4 is 5.91 Å². The molecule has 0 aliphatic rings. The van der Waals surface area contributed by atoms with Gasteiger partial charge in [-0.25, -0.2) is 0 Å². The van der Waals surface area contributed by atoms with Crippen molar-refractivity contribution in [2.24, 2.45) is 11.1 Å². The lowest BCUT2D eigenvalue weighted by molar-refractivity contribution is -0.122. The van der Waals surface area contributed by atoms with Crippen LogP contribution in [0.25, 0.3) is 0 Å². The molecule has 0 rings (SSSR count). The predicted octanol–water partition coefficient (Wildman–Crippen LogP) is 1.81. The van der Waals surface area contributed by atoms with Crippen molar-refractivity contribution in [3.05, 3.63) is 0 Å². The molecule has 4 heteroatoms. The van der Waals surface area contributed by atoms with Crippen molar-refractivity contribution in [3.63, 3.8) is 0 Å². The Morgan fingerprint density at radius 1 is 1.22 bits per heavy atom. The number of hydrogen-bond acceptors (Lipinski definition) is 3. The van der Waals surface area contributed by atoms with Crippen LogP contribution in [0, 0.1) is 5.41 Å². The Morgan fingerprint density at radius 2 is 1.83 bits per heavy atom. The standard InChI is InChI=1S/C14H30N2O2/c1-14(2,3)12(9-11-17)16-13(18)8-6-4-5-7-10-15/h12,17H,4-11,15H2,1-3H3,(H,16,18). The van der Waals surface area contributed by atoms with E-state index in [0.717, 1.165) is 32.2 Å². The van der Waals surface area contributed by atoms with E-state index in [1.54, 1.807) is 0 Å². The summed E-state index contributed by atoms with van der Waals surface area (Å²) in [6.45, 7) is 7.08. The molecule has 0 radical (unpaired) electrons. The molecule has 1 atom stereocenters. The smallest absolute Gasteiger partial charge is 0.220 e. The summed E-state index contributed by atoms with van der Waals surface area (Å²) in [4.78, 5) is 11.8. The lowest BCUT2D eigenvalue weighted by Crippen LogP contribution is -2.44. The Hall–Kier alpha value is -0.610. The van der Waals surface area contributed by atoms with E-state index in [1.165, 1.54) is 0 Å². The summed E-state index contributed by atoms with van der Waals surface area (Å²) in [7, 11) is 0. The molecule has 0 fully saturated rings. The highest BCUT2D eigenvalue weighted by molar-refractivity contribution is 5.76. The highest BCUT2D eigenvalue weighted by Gasteiger charge is 2.25. The van der Waals surface area contributed by atoms with Crippen molar-refractivity contribution in [2.45, 2.75) is 65.3 Å². The minimum absolute atomic E-state index is 0.0159.